The van der Waals surface area contributed by atoms with E-state index in [1.165, 1.54) is 60.0 Å². The number of amides is 1. The Morgan fingerprint density at radius 1 is 1.15 bits per heavy atom. The van der Waals surface area contributed by atoms with Crippen molar-refractivity contribution >= 4 is 44.2 Å². The molecule has 1 heterocycles. The Labute approximate surface area is 160 Å². The third kappa shape index (κ3) is 5.16. The van der Waals surface area contributed by atoms with Crippen LogP contribution in [-0.4, -0.2) is 24.4 Å². The molecular formula is C18H15N3O4S2. The second kappa shape index (κ2) is 8.02. The molecule has 7 nitrogen and oxygen atoms in total. The Morgan fingerprint density at radius 3 is 2.59 bits per heavy atom. The van der Waals surface area contributed by atoms with Crippen molar-refractivity contribution in [2.45, 2.75) is 4.90 Å². The molecule has 138 valence electrons. The number of hydrogen-bond acceptors (Lipinski definition) is 6. The molecule has 2 aromatic carbocycles. The lowest BCUT2D eigenvalue weighted by atomic mass is 10.2. The molecule has 3 rings (SSSR count). The quantitative estimate of drug-likeness (QED) is 0.549. The molecule has 0 atom stereocenters. The van der Waals surface area contributed by atoms with E-state index in [9.17, 15) is 18.3 Å². The number of aromatic nitrogens is 1. The number of hydrogen-bond donors (Lipinski definition) is 3. The predicted molar refractivity (Wildman–Crippen MR) is 105 cm³/mol. The molecule has 0 saturated heterocycles. The monoisotopic (exact) mass is 401 g/mol. The second-order valence-electron chi connectivity index (χ2n) is 5.38. The number of phenols is 1. The molecule has 0 fully saturated rings. The molecule has 9 heteroatoms. The average Bonchev–Trinajstić information content (AvgIpc) is 3.13. The summed E-state index contributed by atoms with van der Waals surface area (Å²) in [6.45, 7) is 0. The largest absolute Gasteiger partial charge is 0.508 e. The van der Waals surface area contributed by atoms with Crippen molar-refractivity contribution in [2.24, 2.45) is 0 Å². The number of carbonyl (C=O) groups excluding carboxylic acids is 1. The average molecular weight is 401 g/mol. The maximum atomic E-state index is 12.3. The number of anilines is 2. The van der Waals surface area contributed by atoms with Gasteiger partial charge in [-0.2, -0.15) is 0 Å². The lowest BCUT2D eigenvalue weighted by molar-refractivity contribution is -0.111. The first kappa shape index (κ1) is 18.6. The minimum absolute atomic E-state index is 0.0611. The minimum atomic E-state index is -3.73. The van der Waals surface area contributed by atoms with E-state index < -0.39 is 10.0 Å². The maximum absolute atomic E-state index is 12.3. The second-order valence-corrected chi connectivity index (χ2v) is 7.96. The first-order chi connectivity index (χ1) is 12.9. The molecule has 3 aromatic rings. The van der Waals surface area contributed by atoms with E-state index in [4.69, 9.17) is 0 Å². The van der Waals surface area contributed by atoms with Gasteiger partial charge in [0.15, 0.2) is 5.13 Å². The molecule has 3 N–H and O–H groups in total. The van der Waals surface area contributed by atoms with Crippen LogP contribution >= 0.6 is 11.3 Å². The van der Waals surface area contributed by atoms with Crippen LogP contribution in [0.5, 0.6) is 5.75 Å². The number of aromatic hydroxyl groups is 1. The van der Waals surface area contributed by atoms with Crippen LogP contribution in [0, 0.1) is 0 Å². The third-order valence-electron chi connectivity index (χ3n) is 3.38. The molecule has 0 aliphatic rings. The van der Waals surface area contributed by atoms with Crippen molar-refractivity contribution in [1.29, 1.82) is 0 Å². The van der Waals surface area contributed by atoms with Gasteiger partial charge >= 0.3 is 0 Å². The van der Waals surface area contributed by atoms with Crippen LogP contribution < -0.4 is 10.0 Å². The Morgan fingerprint density at radius 2 is 1.93 bits per heavy atom. The zero-order valence-corrected chi connectivity index (χ0v) is 15.5. The lowest BCUT2D eigenvalue weighted by Crippen LogP contribution is -2.13. The highest BCUT2D eigenvalue weighted by Gasteiger charge is 2.15. The van der Waals surface area contributed by atoms with Crippen LogP contribution in [0.2, 0.25) is 0 Å². The number of carbonyl (C=O) groups is 1. The van der Waals surface area contributed by atoms with Crippen LogP contribution in [0.25, 0.3) is 6.08 Å². The molecule has 27 heavy (non-hydrogen) atoms. The number of sulfonamides is 1. The van der Waals surface area contributed by atoms with Gasteiger partial charge in [0.25, 0.3) is 10.0 Å². The maximum Gasteiger partial charge on any atom is 0.263 e. The molecule has 0 aliphatic carbocycles. The number of phenolic OH excluding ortho intramolecular Hbond substituents is 1. The van der Waals surface area contributed by atoms with Gasteiger partial charge in [0.2, 0.25) is 5.91 Å². The van der Waals surface area contributed by atoms with Gasteiger partial charge in [-0.05, 0) is 48.0 Å². The summed E-state index contributed by atoms with van der Waals surface area (Å²) in [6.07, 6.45) is 4.39. The number of thiazole rings is 1. The highest BCUT2D eigenvalue weighted by Crippen LogP contribution is 2.19. The third-order valence-corrected chi connectivity index (χ3v) is 5.56. The fraction of sp³-hybridized carbons (Fsp3) is 0. The summed E-state index contributed by atoms with van der Waals surface area (Å²) in [5, 5.41) is 14.0. The van der Waals surface area contributed by atoms with Crippen LogP contribution in [0.1, 0.15) is 5.56 Å². The summed E-state index contributed by atoms with van der Waals surface area (Å²) in [4.78, 5) is 15.9. The van der Waals surface area contributed by atoms with Gasteiger partial charge in [-0.15, -0.1) is 11.3 Å². The zero-order chi connectivity index (χ0) is 19.3. The molecule has 0 unspecified atom stereocenters. The molecule has 0 saturated carbocycles. The van der Waals surface area contributed by atoms with Gasteiger partial charge in [-0.25, -0.2) is 13.4 Å². The molecule has 0 radical (unpaired) electrons. The Balaban J connectivity index is 1.64. The van der Waals surface area contributed by atoms with E-state index in [1.807, 2.05) is 0 Å². The van der Waals surface area contributed by atoms with Crippen LogP contribution in [0.4, 0.5) is 10.8 Å². The van der Waals surface area contributed by atoms with Crippen molar-refractivity contribution in [3.63, 3.8) is 0 Å². The van der Waals surface area contributed by atoms with Crippen LogP contribution in [0.15, 0.2) is 71.1 Å². The number of nitrogens with zero attached hydrogens (tertiary/aromatic N) is 1. The Kier molecular flexibility index (Phi) is 5.53. The first-order valence-electron chi connectivity index (χ1n) is 7.73. The number of nitrogens with one attached hydrogen (secondary N) is 2. The van der Waals surface area contributed by atoms with Crippen molar-refractivity contribution in [3.05, 3.63) is 71.7 Å². The van der Waals surface area contributed by atoms with E-state index in [1.54, 1.807) is 23.6 Å². The molecular weight excluding hydrogens is 386 g/mol. The summed E-state index contributed by atoms with van der Waals surface area (Å²) in [6, 6.07) is 12.3. The number of rotatable bonds is 6. The number of benzene rings is 2. The summed E-state index contributed by atoms with van der Waals surface area (Å²) in [7, 11) is -3.73. The highest BCUT2D eigenvalue weighted by atomic mass is 32.2. The normalized spacial score (nSPS) is 11.4. The summed E-state index contributed by atoms with van der Waals surface area (Å²) in [5.74, 6) is -0.268. The van der Waals surface area contributed by atoms with Gasteiger partial charge < -0.3 is 10.4 Å². The standard InChI is InChI=1S/C18H15N3O4S2/c22-15-3-1-2-13(12-15)4-9-17(23)20-14-5-7-16(8-6-14)27(24,25)21-18-19-10-11-26-18/h1-12,22H,(H,19,21)(H,20,23)/b9-4+. The van der Waals surface area contributed by atoms with E-state index in [-0.39, 0.29) is 21.7 Å². The molecule has 1 aromatic heterocycles. The molecule has 0 bridgehead atoms. The molecule has 0 aliphatic heterocycles. The highest BCUT2D eigenvalue weighted by molar-refractivity contribution is 7.93. The molecule has 0 spiro atoms. The fourth-order valence-electron chi connectivity index (χ4n) is 2.15. The lowest BCUT2D eigenvalue weighted by Gasteiger charge is -2.07. The van der Waals surface area contributed by atoms with Crippen molar-refractivity contribution in [1.82, 2.24) is 4.98 Å². The summed E-state index contributed by atoms with van der Waals surface area (Å²) >= 11 is 1.18. The van der Waals surface area contributed by atoms with Crippen molar-refractivity contribution < 1.29 is 18.3 Å². The van der Waals surface area contributed by atoms with E-state index in [0.717, 1.165) is 0 Å². The molecule has 1 amide bonds. The van der Waals surface area contributed by atoms with E-state index in [2.05, 4.69) is 15.0 Å². The first-order valence-corrected chi connectivity index (χ1v) is 10.1. The summed E-state index contributed by atoms with van der Waals surface area (Å²) < 4.78 is 26.9. The van der Waals surface area contributed by atoms with Crippen molar-refractivity contribution in [2.75, 3.05) is 10.0 Å². The van der Waals surface area contributed by atoms with E-state index in [0.29, 0.717) is 11.3 Å². The van der Waals surface area contributed by atoms with Crippen LogP contribution in [-0.2, 0) is 14.8 Å². The van der Waals surface area contributed by atoms with Gasteiger partial charge in [-0.1, -0.05) is 12.1 Å². The van der Waals surface area contributed by atoms with Gasteiger partial charge in [0, 0.05) is 23.3 Å². The van der Waals surface area contributed by atoms with E-state index >= 15 is 0 Å². The predicted octanol–water partition coefficient (Wildman–Crippen LogP) is 3.30. The van der Waals surface area contributed by atoms with Crippen LogP contribution in [0.3, 0.4) is 0 Å². The SMILES string of the molecule is O=C(/C=C/c1cccc(O)c1)Nc1ccc(S(=O)(=O)Nc2nccs2)cc1. The summed E-state index contributed by atoms with van der Waals surface area (Å²) in [5.41, 5.74) is 1.13. The minimum Gasteiger partial charge on any atom is -0.508 e. The van der Waals surface area contributed by atoms with Crippen molar-refractivity contribution in [3.8, 4) is 5.75 Å². The van der Waals surface area contributed by atoms with Gasteiger partial charge in [0.1, 0.15) is 5.75 Å². The zero-order valence-electron chi connectivity index (χ0n) is 13.9. The Hall–Kier alpha value is -3.17. The topological polar surface area (TPSA) is 108 Å². The fourth-order valence-corrected chi connectivity index (χ4v) is 3.94. The Bertz CT molecular complexity index is 1060. The smallest absolute Gasteiger partial charge is 0.263 e. The van der Waals surface area contributed by atoms with Gasteiger partial charge in [0.05, 0.1) is 4.90 Å². The van der Waals surface area contributed by atoms with Gasteiger partial charge in [-0.3, -0.25) is 9.52 Å².